The van der Waals surface area contributed by atoms with Gasteiger partial charge in [0.05, 0.1) is 11.2 Å². The molecule has 3 aromatic rings. The van der Waals surface area contributed by atoms with Crippen molar-refractivity contribution in [2.45, 2.75) is 64.2 Å². The van der Waals surface area contributed by atoms with E-state index in [1.54, 1.807) is 55.8 Å². The SMILES string of the molecule is CNC(=O)Cn1cc(-c2cccc(Oc3ccc(C(=O)NC4CC(C)(C)NC(C)(C)C4)cc3Cl)c2C#N)cn1. The van der Waals surface area contributed by atoms with Gasteiger partial charge in [0.2, 0.25) is 5.91 Å². The van der Waals surface area contributed by atoms with Crippen LogP contribution in [0.25, 0.3) is 11.1 Å². The summed E-state index contributed by atoms with van der Waals surface area (Å²) in [5.41, 5.74) is 1.82. The Morgan fingerprint density at radius 3 is 2.54 bits per heavy atom. The number of halogens is 1. The maximum absolute atomic E-state index is 13.0. The van der Waals surface area contributed by atoms with Gasteiger partial charge in [0.1, 0.15) is 29.7 Å². The summed E-state index contributed by atoms with van der Waals surface area (Å²) in [5, 5.41) is 23.7. The second-order valence-electron chi connectivity index (χ2n) is 11.1. The van der Waals surface area contributed by atoms with Crippen LogP contribution in [-0.4, -0.2) is 45.8 Å². The lowest BCUT2D eigenvalue weighted by Crippen LogP contribution is -2.62. The molecule has 2 aromatic carbocycles. The molecule has 1 aliphatic heterocycles. The van der Waals surface area contributed by atoms with E-state index in [0.717, 1.165) is 12.8 Å². The molecule has 0 spiro atoms. The van der Waals surface area contributed by atoms with Crippen LogP contribution in [0, 0.1) is 11.3 Å². The number of hydrogen-bond acceptors (Lipinski definition) is 6. The molecule has 0 bridgehead atoms. The van der Waals surface area contributed by atoms with E-state index in [-0.39, 0.29) is 40.5 Å². The summed E-state index contributed by atoms with van der Waals surface area (Å²) in [6.07, 6.45) is 4.91. The summed E-state index contributed by atoms with van der Waals surface area (Å²) >= 11 is 6.53. The zero-order chi connectivity index (χ0) is 28.4. The third-order valence-electron chi connectivity index (χ3n) is 6.61. The number of carbonyl (C=O) groups excluding carboxylic acids is 2. The van der Waals surface area contributed by atoms with E-state index in [1.165, 1.54) is 4.68 Å². The Kier molecular flexibility index (Phi) is 8.00. The van der Waals surface area contributed by atoms with E-state index >= 15 is 0 Å². The summed E-state index contributed by atoms with van der Waals surface area (Å²) in [6, 6.07) is 12.3. The van der Waals surface area contributed by atoms with Crippen LogP contribution >= 0.6 is 11.6 Å². The molecule has 2 amide bonds. The van der Waals surface area contributed by atoms with E-state index in [2.05, 4.69) is 54.8 Å². The fourth-order valence-corrected chi connectivity index (χ4v) is 5.54. The number of rotatable bonds is 7. The van der Waals surface area contributed by atoms with Crippen molar-refractivity contribution in [3.63, 3.8) is 0 Å². The van der Waals surface area contributed by atoms with Gasteiger partial charge in [0.15, 0.2) is 0 Å². The number of hydrogen-bond donors (Lipinski definition) is 3. The number of aromatic nitrogens is 2. The molecule has 10 heteroatoms. The molecule has 9 nitrogen and oxygen atoms in total. The first-order chi connectivity index (χ1) is 18.4. The Bertz CT molecular complexity index is 1420. The third kappa shape index (κ3) is 6.77. The van der Waals surface area contributed by atoms with Crippen LogP contribution in [0.15, 0.2) is 48.8 Å². The number of ether oxygens (including phenoxy) is 1. The molecule has 1 aromatic heterocycles. The van der Waals surface area contributed by atoms with Gasteiger partial charge in [-0.25, -0.2) is 0 Å². The largest absolute Gasteiger partial charge is 0.454 e. The van der Waals surface area contributed by atoms with Crippen molar-refractivity contribution in [3.05, 3.63) is 64.9 Å². The Morgan fingerprint density at radius 1 is 1.18 bits per heavy atom. The van der Waals surface area contributed by atoms with Gasteiger partial charge in [0.25, 0.3) is 5.91 Å². The smallest absolute Gasteiger partial charge is 0.251 e. The van der Waals surface area contributed by atoms with Crippen molar-refractivity contribution in [3.8, 4) is 28.7 Å². The average Bonchev–Trinajstić information content (AvgIpc) is 3.31. The molecule has 1 fully saturated rings. The highest BCUT2D eigenvalue weighted by atomic mass is 35.5. The third-order valence-corrected chi connectivity index (χ3v) is 6.90. The van der Waals surface area contributed by atoms with Gasteiger partial charge in [0, 0.05) is 47.1 Å². The zero-order valence-corrected chi connectivity index (χ0v) is 23.5. The van der Waals surface area contributed by atoms with Crippen molar-refractivity contribution < 1.29 is 14.3 Å². The van der Waals surface area contributed by atoms with Crippen LogP contribution < -0.4 is 20.7 Å². The summed E-state index contributed by atoms with van der Waals surface area (Å²) in [6.45, 7) is 8.61. The predicted molar refractivity (Wildman–Crippen MR) is 150 cm³/mol. The number of amides is 2. The van der Waals surface area contributed by atoms with Gasteiger partial charge in [-0.15, -0.1) is 0 Å². The maximum atomic E-state index is 13.0. The normalized spacial score (nSPS) is 16.2. The van der Waals surface area contributed by atoms with Crippen LogP contribution in [0.5, 0.6) is 11.5 Å². The monoisotopic (exact) mass is 548 g/mol. The van der Waals surface area contributed by atoms with Crippen LogP contribution in [-0.2, 0) is 11.3 Å². The Hall–Kier alpha value is -3.87. The van der Waals surface area contributed by atoms with Crippen molar-refractivity contribution >= 4 is 23.4 Å². The molecule has 2 heterocycles. The summed E-state index contributed by atoms with van der Waals surface area (Å²) < 4.78 is 7.53. The molecule has 39 heavy (non-hydrogen) atoms. The molecule has 0 unspecified atom stereocenters. The van der Waals surface area contributed by atoms with Crippen LogP contribution in [0.2, 0.25) is 5.02 Å². The first-order valence-corrected chi connectivity index (χ1v) is 13.1. The zero-order valence-electron chi connectivity index (χ0n) is 22.8. The quantitative estimate of drug-likeness (QED) is 0.395. The van der Waals surface area contributed by atoms with Gasteiger partial charge in [-0.1, -0.05) is 23.7 Å². The predicted octanol–water partition coefficient (Wildman–Crippen LogP) is 4.65. The molecule has 0 aliphatic carbocycles. The number of piperidine rings is 1. The number of likely N-dealkylation sites (N-methyl/N-ethyl adjacent to an activating group) is 1. The van der Waals surface area contributed by atoms with Crippen molar-refractivity contribution in [1.29, 1.82) is 5.26 Å². The Balaban J connectivity index is 1.51. The van der Waals surface area contributed by atoms with Crippen LogP contribution in [0.1, 0.15) is 56.5 Å². The van der Waals surface area contributed by atoms with E-state index in [9.17, 15) is 14.9 Å². The van der Waals surface area contributed by atoms with E-state index < -0.39 is 0 Å². The minimum Gasteiger partial charge on any atom is -0.454 e. The average molecular weight is 549 g/mol. The number of nitrogens with zero attached hydrogens (tertiary/aromatic N) is 3. The lowest BCUT2D eigenvalue weighted by molar-refractivity contribution is -0.121. The molecule has 0 atom stereocenters. The van der Waals surface area contributed by atoms with Crippen LogP contribution in [0.4, 0.5) is 0 Å². The van der Waals surface area contributed by atoms with Gasteiger partial charge in [-0.3, -0.25) is 14.3 Å². The highest BCUT2D eigenvalue weighted by molar-refractivity contribution is 6.32. The molecule has 4 rings (SSSR count). The molecule has 204 valence electrons. The lowest BCUT2D eigenvalue weighted by Gasteiger charge is -2.46. The molecule has 0 radical (unpaired) electrons. The fourth-order valence-electron chi connectivity index (χ4n) is 5.32. The van der Waals surface area contributed by atoms with Gasteiger partial charge in [-0.2, -0.15) is 10.4 Å². The number of nitrogens with one attached hydrogen (secondary N) is 3. The second-order valence-corrected chi connectivity index (χ2v) is 11.5. The maximum Gasteiger partial charge on any atom is 0.251 e. The topological polar surface area (TPSA) is 121 Å². The minimum atomic E-state index is -0.199. The minimum absolute atomic E-state index is 0.0279. The van der Waals surface area contributed by atoms with Crippen molar-refractivity contribution in [1.82, 2.24) is 25.7 Å². The number of nitriles is 1. The first kappa shape index (κ1) is 28.1. The highest BCUT2D eigenvalue weighted by Gasteiger charge is 2.38. The highest BCUT2D eigenvalue weighted by Crippen LogP contribution is 2.36. The molecule has 0 saturated carbocycles. The standard InChI is InChI=1S/C29H33ClN6O3/c1-28(2)12-20(13-29(3,4)35-28)34-27(38)18-9-10-25(23(30)11-18)39-24-8-6-7-21(22(24)14-31)19-15-33-36(16-19)17-26(37)32-5/h6-11,15-16,20,35H,12-13,17H2,1-5H3,(H,32,37)(H,34,38). The van der Waals surface area contributed by atoms with Gasteiger partial charge >= 0.3 is 0 Å². The molecular formula is C29H33ClN6O3. The molecule has 1 aliphatic rings. The summed E-state index contributed by atoms with van der Waals surface area (Å²) in [5.74, 6) is 0.251. The Morgan fingerprint density at radius 2 is 1.90 bits per heavy atom. The lowest BCUT2D eigenvalue weighted by atomic mass is 9.79. The first-order valence-electron chi connectivity index (χ1n) is 12.7. The van der Waals surface area contributed by atoms with E-state index in [4.69, 9.17) is 16.3 Å². The number of carbonyl (C=O) groups is 2. The molecule has 1 saturated heterocycles. The van der Waals surface area contributed by atoms with Crippen molar-refractivity contribution in [2.24, 2.45) is 0 Å². The summed E-state index contributed by atoms with van der Waals surface area (Å²) in [7, 11) is 1.56. The van der Waals surface area contributed by atoms with Crippen LogP contribution in [0.3, 0.4) is 0 Å². The summed E-state index contributed by atoms with van der Waals surface area (Å²) in [4.78, 5) is 24.7. The Labute approximate surface area is 233 Å². The van der Waals surface area contributed by atoms with E-state index in [0.29, 0.717) is 33.8 Å². The fraction of sp³-hybridized carbons (Fsp3) is 0.379. The number of benzene rings is 2. The van der Waals surface area contributed by atoms with Gasteiger partial charge in [-0.05, 0) is 64.8 Å². The van der Waals surface area contributed by atoms with Crippen molar-refractivity contribution in [2.75, 3.05) is 7.05 Å². The van der Waals surface area contributed by atoms with Gasteiger partial charge < -0.3 is 20.7 Å². The van der Waals surface area contributed by atoms with E-state index in [1.807, 2.05) is 0 Å². The second kappa shape index (κ2) is 11.1. The molecule has 3 N–H and O–H groups in total. The molecular weight excluding hydrogens is 516 g/mol.